The predicted molar refractivity (Wildman–Crippen MR) is 158 cm³/mol. The number of amides is 1. The summed E-state index contributed by atoms with van der Waals surface area (Å²) >= 11 is 0. The molecule has 0 spiro atoms. The first kappa shape index (κ1) is 27.2. The summed E-state index contributed by atoms with van der Waals surface area (Å²) in [5, 5.41) is 12.6. The Morgan fingerprint density at radius 3 is 2.66 bits per heavy atom. The van der Waals surface area contributed by atoms with Crippen LogP contribution in [0.25, 0.3) is 22.1 Å². The van der Waals surface area contributed by atoms with Crippen LogP contribution in [0.2, 0.25) is 0 Å². The maximum absolute atomic E-state index is 13.8. The van der Waals surface area contributed by atoms with Gasteiger partial charge in [-0.1, -0.05) is 0 Å². The van der Waals surface area contributed by atoms with E-state index in [9.17, 15) is 9.59 Å². The number of carbonyl (C=O) groups excluding carboxylic acids is 2. The van der Waals surface area contributed by atoms with Crippen molar-refractivity contribution in [3.8, 4) is 0 Å². The normalized spacial score (nSPS) is 16.8. The van der Waals surface area contributed by atoms with E-state index < -0.39 is 5.41 Å². The van der Waals surface area contributed by atoms with Gasteiger partial charge in [0.25, 0.3) is 5.91 Å². The van der Waals surface area contributed by atoms with Crippen molar-refractivity contribution in [2.45, 2.75) is 58.5 Å². The fourth-order valence-electron chi connectivity index (χ4n) is 6.05. The molecule has 11 heteroatoms. The van der Waals surface area contributed by atoms with Gasteiger partial charge in [-0.2, -0.15) is 5.10 Å². The Morgan fingerprint density at radius 1 is 1.12 bits per heavy atom. The number of nitrogens with one attached hydrogen (secondary N) is 2. The molecule has 0 aliphatic carbocycles. The summed E-state index contributed by atoms with van der Waals surface area (Å²) in [4.78, 5) is 37.4. The highest BCUT2D eigenvalue weighted by Crippen LogP contribution is 2.34. The third kappa shape index (κ3) is 5.38. The molecular weight excluding hydrogens is 520 g/mol. The fraction of sp³-hybridized carbons (Fsp3) is 0.500. The van der Waals surface area contributed by atoms with E-state index in [0.29, 0.717) is 29.3 Å². The first-order valence-electron chi connectivity index (χ1n) is 14.5. The van der Waals surface area contributed by atoms with Crippen molar-refractivity contribution in [2.24, 2.45) is 5.41 Å². The number of esters is 1. The second kappa shape index (κ2) is 11.1. The maximum atomic E-state index is 13.8. The van der Waals surface area contributed by atoms with E-state index >= 15 is 0 Å². The third-order valence-electron chi connectivity index (χ3n) is 8.32. The number of hydrogen-bond donors (Lipinski definition) is 2. The van der Waals surface area contributed by atoms with Gasteiger partial charge in [-0.25, -0.2) is 9.97 Å². The fourth-order valence-corrected chi connectivity index (χ4v) is 6.05. The van der Waals surface area contributed by atoms with E-state index in [2.05, 4.69) is 48.5 Å². The van der Waals surface area contributed by atoms with Crippen molar-refractivity contribution in [1.29, 1.82) is 0 Å². The van der Waals surface area contributed by atoms with Gasteiger partial charge >= 0.3 is 5.97 Å². The summed E-state index contributed by atoms with van der Waals surface area (Å²) in [6, 6.07) is 6.25. The standard InChI is InChI=1S/C30H38N8O3/c1-30(2,29(40)41-3)18-37-19-33-26-22(9-12-32-27(26)37)28(39)34-24-15-20-17-38(21-7-10-31-11-8-21)35-23(20)16-25(24)36-13-5-4-6-14-36/h9,12,15-17,19,21,31H,4-8,10-11,13-14,18H2,1-3H3,(H,34,39). The van der Waals surface area contributed by atoms with Crippen molar-refractivity contribution in [3.63, 3.8) is 0 Å². The molecule has 0 unspecified atom stereocenters. The van der Waals surface area contributed by atoms with Crippen molar-refractivity contribution in [3.05, 3.63) is 42.5 Å². The Kier molecular flexibility index (Phi) is 7.37. The number of nitrogens with zero attached hydrogens (tertiary/aromatic N) is 6. The van der Waals surface area contributed by atoms with Crippen LogP contribution in [-0.2, 0) is 16.1 Å². The van der Waals surface area contributed by atoms with Gasteiger partial charge in [-0.3, -0.25) is 14.3 Å². The van der Waals surface area contributed by atoms with Gasteiger partial charge < -0.3 is 24.8 Å². The van der Waals surface area contributed by atoms with Crippen LogP contribution in [-0.4, -0.2) is 69.5 Å². The van der Waals surface area contributed by atoms with Crippen LogP contribution in [0.3, 0.4) is 0 Å². The molecule has 2 aliphatic heterocycles. The van der Waals surface area contributed by atoms with Gasteiger partial charge in [0.2, 0.25) is 0 Å². The zero-order valence-electron chi connectivity index (χ0n) is 24.0. The second-order valence-electron chi connectivity index (χ2n) is 11.8. The molecule has 2 aliphatic rings. The van der Waals surface area contributed by atoms with E-state index in [1.165, 1.54) is 13.5 Å². The molecule has 11 nitrogen and oxygen atoms in total. The van der Waals surface area contributed by atoms with Crippen LogP contribution < -0.4 is 15.5 Å². The van der Waals surface area contributed by atoms with Gasteiger partial charge in [0.1, 0.15) is 5.52 Å². The van der Waals surface area contributed by atoms with Gasteiger partial charge in [0.15, 0.2) is 5.65 Å². The molecule has 0 atom stereocenters. The summed E-state index contributed by atoms with van der Waals surface area (Å²) in [7, 11) is 1.38. The molecule has 216 valence electrons. The zero-order chi connectivity index (χ0) is 28.6. The number of hydrogen-bond acceptors (Lipinski definition) is 8. The molecule has 1 aromatic carbocycles. The van der Waals surface area contributed by atoms with E-state index in [1.54, 1.807) is 23.2 Å². The third-order valence-corrected chi connectivity index (χ3v) is 8.32. The van der Waals surface area contributed by atoms with Crippen molar-refractivity contribution >= 4 is 45.3 Å². The lowest BCUT2D eigenvalue weighted by Gasteiger charge is -2.30. The highest BCUT2D eigenvalue weighted by Gasteiger charge is 2.30. The summed E-state index contributed by atoms with van der Waals surface area (Å²) < 4.78 is 8.86. The van der Waals surface area contributed by atoms with Crippen LogP contribution in [0.1, 0.15) is 62.4 Å². The van der Waals surface area contributed by atoms with Gasteiger partial charge in [-0.15, -0.1) is 0 Å². The number of imidazole rings is 1. The topological polar surface area (TPSA) is 119 Å². The van der Waals surface area contributed by atoms with Gasteiger partial charge in [0.05, 0.1) is 47.3 Å². The van der Waals surface area contributed by atoms with Crippen LogP contribution in [0.5, 0.6) is 0 Å². The van der Waals surface area contributed by atoms with E-state index in [4.69, 9.17) is 9.84 Å². The number of rotatable bonds is 7. The Hall–Kier alpha value is -3.99. The lowest BCUT2D eigenvalue weighted by atomic mass is 9.94. The minimum atomic E-state index is -0.778. The molecule has 6 rings (SSSR count). The maximum Gasteiger partial charge on any atom is 0.313 e. The lowest BCUT2D eigenvalue weighted by molar-refractivity contribution is -0.151. The largest absolute Gasteiger partial charge is 0.469 e. The zero-order valence-corrected chi connectivity index (χ0v) is 24.0. The molecule has 3 aromatic heterocycles. The summed E-state index contributed by atoms with van der Waals surface area (Å²) in [6.07, 6.45) is 10.9. The predicted octanol–water partition coefficient (Wildman–Crippen LogP) is 4.15. The average molecular weight is 559 g/mol. The molecule has 2 saturated heterocycles. The van der Waals surface area contributed by atoms with Crippen LogP contribution in [0, 0.1) is 5.41 Å². The van der Waals surface area contributed by atoms with E-state index in [-0.39, 0.29) is 11.9 Å². The number of aromatic nitrogens is 5. The summed E-state index contributed by atoms with van der Waals surface area (Å²) in [5.41, 5.74) is 3.40. The molecule has 2 fully saturated rings. The Bertz CT molecular complexity index is 1580. The number of anilines is 2. The van der Waals surface area contributed by atoms with Crippen molar-refractivity contribution < 1.29 is 14.3 Å². The molecule has 4 aromatic rings. The number of pyridine rings is 1. The average Bonchev–Trinajstić information content (AvgIpc) is 3.60. The first-order valence-corrected chi connectivity index (χ1v) is 14.5. The summed E-state index contributed by atoms with van der Waals surface area (Å²) in [5.74, 6) is -0.574. The minimum Gasteiger partial charge on any atom is -0.469 e. The Morgan fingerprint density at radius 2 is 1.90 bits per heavy atom. The molecule has 0 saturated carbocycles. The number of methoxy groups -OCH3 is 1. The van der Waals surface area contributed by atoms with Crippen molar-refractivity contribution in [2.75, 3.05) is 43.5 Å². The number of ether oxygens (including phenoxy) is 1. The molecule has 0 bridgehead atoms. The quantitative estimate of drug-likeness (QED) is 0.325. The molecule has 5 heterocycles. The smallest absolute Gasteiger partial charge is 0.313 e. The highest BCUT2D eigenvalue weighted by molar-refractivity contribution is 6.12. The minimum absolute atomic E-state index is 0.252. The SMILES string of the molecule is COC(=O)C(C)(C)Cn1cnc2c(C(=O)Nc3cc4cn(C5CCNCC5)nc4cc3N3CCCCC3)ccnc21. The van der Waals surface area contributed by atoms with E-state index in [1.807, 2.05) is 13.8 Å². The molecule has 0 radical (unpaired) electrons. The second-order valence-corrected chi connectivity index (χ2v) is 11.8. The van der Waals surface area contributed by atoms with Gasteiger partial charge in [-0.05, 0) is 77.2 Å². The van der Waals surface area contributed by atoms with Crippen LogP contribution >= 0.6 is 0 Å². The van der Waals surface area contributed by atoms with Crippen molar-refractivity contribution in [1.82, 2.24) is 29.6 Å². The number of fused-ring (bicyclic) bond motifs is 2. The Labute approximate surface area is 239 Å². The van der Waals surface area contributed by atoms with Crippen LogP contribution in [0.15, 0.2) is 36.9 Å². The number of piperidine rings is 2. The summed E-state index contributed by atoms with van der Waals surface area (Å²) in [6.45, 7) is 7.84. The monoisotopic (exact) mass is 558 g/mol. The van der Waals surface area contributed by atoms with E-state index in [0.717, 1.165) is 74.1 Å². The number of benzene rings is 1. The molecule has 41 heavy (non-hydrogen) atoms. The van der Waals surface area contributed by atoms with Crippen LogP contribution in [0.4, 0.5) is 11.4 Å². The Balaban J connectivity index is 1.33. The lowest BCUT2D eigenvalue weighted by Crippen LogP contribution is -2.30. The van der Waals surface area contributed by atoms with Gasteiger partial charge in [0, 0.05) is 37.4 Å². The molecule has 2 N–H and O–H groups in total. The number of carbonyl (C=O) groups is 2. The first-order chi connectivity index (χ1) is 19.8. The molecular formula is C30H38N8O3. The molecule has 1 amide bonds. The highest BCUT2D eigenvalue weighted by atomic mass is 16.5.